The van der Waals surface area contributed by atoms with Crippen molar-refractivity contribution in [3.63, 3.8) is 0 Å². The first kappa shape index (κ1) is 75.2. The second kappa shape index (κ2) is 58.8. The van der Waals surface area contributed by atoms with Gasteiger partial charge < -0.3 is 27.9 Å². The number of quaternary nitrogens is 1. The summed E-state index contributed by atoms with van der Waals surface area (Å²) in [5, 5.41) is 0. The van der Waals surface area contributed by atoms with E-state index in [0.717, 1.165) is 96.3 Å². The van der Waals surface area contributed by atoms with Gasteiger partial charge in [-0.2, -0.15) is 0 Å². The monoisotopic (exact) mass is 1110 g/mol. The van der Waals surface area contributed by atoms with E-state index >= 15 is 0 Å². The Hall–Kier alpha value is -2.81. The van der Waals surface area contributed by atoms with Crippen LogP contribution in [0.5, 0.6) is 0 Å². The Balaban J connectivity index is 4.12. The molecule has 10 heteroatoms. The molecule has 2 unspecified atom stereocenters. The normalized spacial score (nSPS) is 13.8. The number of phosphoric acid groups is 1. The maximum absolute atomic E-state index is 12.8. The quantitative estimate of drug-likeness (QED) is 0.0195. The van der Waals surface area contributed by atoms with E-state index < -0.39 is 26.5 Å². The third-order valence-electron chi connectivity index (χ3n) is 13.9. The smallest absolute Gasteiger partial charge is 0.306 e. The number of phosphoric ester groups is 1. The molecular weight excluding hydrogens is 990 g/mol. The SMILES string of the molecule is CC/C=C\C/C=C\C/C=C\C/C=C\C/C=C\C/C=C\CCCCCCCCC(=O)OC(COC(=O)CCCCCCCCCCCCCCCCCCC/C=C\CCCCCCCCCC)COP(=O)([O-])OCC[N+](C)(C)C. The predicted octanol–water partition coefficient (Wildman–Crippen LogP) is 20.0. The van der Waals surface area contributed by atoms with Gasteiger partial charge in [0, 0.05) is 12.8 Å². The summed E-state index contributed by atoms with van der Waals surface area (Å²) in [6, 6.07) is 0. The number of likely N-dealkylation sites (N-methyl/N-ethyl adjacent to an activating group) is 1. The maximum atomic E-state index is 12.8. The maximum Gasteiger partial charge on any atom is 0.306 e. The summed E-state index contributed by atoms with van der Waals surface area (Å²) >= 11 is 0. The van der Waals surface area contributed by atoms with Crippen LogP contribution in [0, 0.1) is 0 Å². The summed E-state index contributed by atoms with van der Waals surface area (Å²) in [7, 11) is 1.15. The highest BCUT2D eigenvalue weighted by atomic mass is 31.2. The number of hydrogen-bond donors (Lipinski definition) is 0. The first-order valence-electron chi connectivity index (χ1n) is 32.3. The number of esters is 2. The number of allylic oxidation sites excluding steroid dienone is 14. The highest BCUT2D eigenvalue weighted by Gasteiger charge is 2.22. The molecule has 2 atom stereocenters. The van der Waals surface area contributed by atoms with E-state index in [1.165, 1.54) is 154 Å². The van der Waals surface area contributed by atoms with Crippen LogP contribution >= 0.6 is 7.82 Å². The van der Waals surface area contributed by atoms with E-state index in [4.69, 9.17) is 18.5 Å². The molecule has 0 aromatic heterocycles. The van der Waals surface area contributed by atoms with Crippen molar-refractivity contribution in [1.29, 1.82) is 0 Å². The Labute approximate surface area is 481 Å². The molecule has 0 aromatic rings. The lowest BCUT2D eigenvalue weighted by atomic mass is 10.0. The lowest BCUT2D eigenvalue weighted by Gasteiger charge is -2.28. The minimum atomic E-state index is -4.65. The minimum absolute atomic E-state index is 0.0370. The van der Waals surface area contributed by atoms with Crippen molar-refractivity contribution in [1.82, 2.24) is 0 Å². The highest BCUT2D eigenvalue weighted by molar-refractivity contribution is 7.45. The van der Waals surface area contributed by atoms with Gasteiger partial charge in [-0.15, -0.1) is 0 Å². The molecule has 452 valence electrons. The summed E-state index contributed by atoms with van der Waals surface area (Å²) in [5.74, 6) is -0.845. The zero-order valence-electron chi connectivity index (χ0n) is 51.3. The van der Waals surface area contributed by atoms with Crippen molar-refractivity contribution in [2.75, 3.05) is 47.5 Å². The number of ether oxygens (including phenoxy) is 2. The fourth-order valence-corrected chi connectivity index (χ4v) is 9.68. The summed E-state index contributed by atoms with van der Waals surface area (Å²) in [5.41, 5.74) is 0. The molecule has 0 amide bonds. The zero-order chi connectivity index (χ0) is 57.0. The predicted molar refractivity (Wildman–Crippen MR) is 332 cm³/mol. The van der Waals surface area contributed by atoms with Gasteiger partial charge in [0.05, 0.1) is 27.7 Å². The van der Waals surface area contributed by atoms with Gasteiger partial charge in [0.25, 0.3) is 7.82 Å². The van der Waals surface area contributed by atoms with Crippen LogP contribution in [0.3, 0.4) is 0 Å². The Bertz CT molecular complexity index is 1590. The summed E-state index contributed by atoms with van der Waals surface area (Å²) in [6.45, 7) is 4.13. The van der Waals surface area contributed by atoms with Crippen molar-refractivity contribution in [2.24, 2.45) is 0 Å². The van der Waals surface area contributed by atoms with Crippen molar-refractivity contribution in [3.05, 3.63) is 85.1 Å². The van der Waals surface area contributed by atoms with E-state index in [1.807, 2.05) is 21.1 Å². The molecule has 0 aliphatic carbocycles. The average molecular weight is 1110 g/mol. The van der Waals surface area contributed by atoms with Crippen molar-refractivity contribution < 1.29 is 42.1 Å². The second-order valence-corrected chi connectivity index (χ2v) is 24.2. The van der Waals surface area contributed by atoms with Gasteiger partial charge >= 0.3 is 11.9 Å². The molecule has 0 saturated carbocycles. The van der Waals surface area contributed by atoms with Gasteiger partial charge in [-0.25, -0.2) is 0 Å². The molecule has 78 heavy (non-hydrogen) atoms. The lowest BCUT2D eigenvalue weighted by Crippen LogP contribution is -2.37. The molecule has 0 saturated heterocycles. The van der Waals surface area contributed by atoms with Crippen LogP contribution in [-0.4, -0.2) is 70.0 Å². The average Bonchev–Trinajstić information content (AvgIpc) is 3.40. The third-order valence-corrected chi connectivity index (χ3v) is 14.9. The number of unbranched alkanes of at least 4 members (excludes halogenated alkanes) is 31. The number of carbonyl (C=O) groups is 2. The summed E-state index contributed by atoms with van der Waals surface area (Å²) in [4.78, 5) is 38.0. The number of rotatable bonds is 59. The fourth-order valence-electron chi connectivity index (χ4n) is 8.95. The van der Waals surface area contributed by atoms with Crippen molar-refractivity contribution in [3.8, 4) is 0 Å². The molecule has 9 nitrogen and oxygen atoms in total. The molecule has 0 aliphatic heterocycles. The van der Waals surface area contributed by atoms with Gasteiger partial charge in [-0.1, -0.05) is 266 Å². The molecule has 0 heterocycles. The first-order valence-corrected chi connectivity index (χ1v) is 33.8. The van der Waals surface area contributed by atoms with Gasteiger partial charge in [-0.05, 0) is 89.9 Å². The largest absolute Gasteiger partial charge is 0.756 e. The van der Waals surface area contributed by atoms with Crippen LogP contribution in [0.4, 0.5) is 0 Å². The van der Waals surface area contributed by atoms with Crippen LogP contribution in [0.25, 0.3) is 0 Å². The summed E-state index contributed by atoms with van der Waals surface area (Å²) in [6.07, 6.45) is 79.3. The number of hydrogen-bond acceptors (Lipinski definition) is 8. The molecule has 0 fully saturated rings. The Morgan fingerprint density at radius 2 is 0.731 bits per heavy atom. The van der Waals surface area contributed by atoms with Gasteiger partial charge in [0.15, 0.2) is 6.10 Å². The molecule has 0 rings (SSSR count). The first-order chi connectivity index (χ1) is 38.0. The molecule has 0 aromatic carbocycles. The van der Waals surface area contributed by atoms with Gasteiger partial charge in [-0.3, -0.25) is 14.2 Å². The minimum Gasteiger partial charge on any atom is -0.756 e. The van der Waals surface area contributed by atoms with Crippen molar-refractivity contribution >= 4 is 19.8 Å². The van der Waals surface area contributed by atoms with Gasteiger partial charge in [0.1, 0.15) is 19.8 Å². The van der Waals surface area contributed by atoms with Crippen molar-refractivity contribution in [2.45, 2.75) is 290 Å². The van der Waals surface area contributed by atoms with Crippen LogP contribution in [0.15, 0.2) is 85.1 Å². The molecular formula is C68H122NO8P. The second-order valence-electron chi connectivity index (χ2n) is 22.7. The van der Waals surface area contributed by atoms with Crippen LogP contribution in [0.1, 0.15) is 284 Å². The van der Waals surface area contributed by atoms with E-state index in [1.54, 1.807) is 0 Å². The summed E-state index contributed by atoms with van der Waals surface area (Å²) < 4.78 is 34.2. The molecule has 0 bridgehead atoms. The topological polar surface area (TPSA) is 111 Å². The Morgan fingerprint density at radius 1 is 0.410 bits per heavy atom. The van der Waals surface area contributed by atoms with E-state index in [9.17, 15) is 19.0 Å². The zero-order valence-corrected chi connectivity index (χ0v) is 52.2. The lowest BCUT2D eigenvalue weighted by molar-refractivity contribution is -0.870. The number of carbonyl (C=O) groups excluding carboxylic acids is 2. The van der Waals surface area contributed by atoms with E-state index in [2.05, 4.69) is 98.9 Å². The van der Waals surface area contributed by atoms with E-state index in [-0.39, 0.29) is 32.0 Å². The molecule has 0 spiro atoms. The Kier molecular flexibility index (Phi) is 56.7. The van der Waals surface area contributed by atoms with Crippen LogP contribution < -0.4 is 4.89 Å². The third kappa shape index (κ3) is 62.4. The van der Waals surface area contributed by atoms with Crippen LogP contribution in [-0.2, 0) is 32.7 Å². The van der Waals surface area contributed by atoms with E-state index in [0.29, 0.717) is 17.4 Å². The van der Waals surface area contributed by atoms with Gasteiger partial charge in [0.2, 0.25) is 0 Å². The number of nitrogens with zero attached hydrogens (tertiary/aromatic N) is 1. The standard InChI is InChI=1S/C68H122NO8P/c1-6-8-10-12-14-16-18-20-22-24-26-28-30-32-33-34-35-37-38-40-42-44-46-48-50-52-54-56-58-60-67(70)74-64-66(65-76-78(72,73)75-63-62-69(3,4)5)77-68(71)61-59-57-55-53-51-49-47-45-43-41-39-36-31-29-27-25-23-21-19-17-15-13-11-9-7-2/h9,11,15,17,21,23-24,26-27,29,36,39,43,45,66H,6-8,10,12-14,16,18-20,22,25,28,30-35,37-38,40-42,44,46-65H2,1-5H3/b11-9-,17-15-,23-21-,26-24-,29-27-,39-36-,45-43-. The molecule has 0 aliphatic rings. The molecule has 0 radical (unpaired) electrons. The fraction of sp³-hybridized carbons (Fsp3) is 0.765. The molecule has 0 N–H and O–H groups in total. The highest BCUT2D eigenvalue weighted by Crippen LogP contribution is 2.38. The Morgan fingerprint density at radius 3 is 1.10 bits per heavy atom. The van der Waals surface area contributed by atoms with Crippen LogP contribution in [0.2, 0.25) is 0 Å².